The summed E-state index contributed by atoms with van der Waals surface area (Å²) in [6, 6.07) is 11.4. The first-order chi connectivity index (χ1) is 11.9. The molecule has 8 heteroatoms. The molecule has 25 heavy (non-hydrogen) atoms. The third-order valence-electron chi connectivity index (χ3n) is 3.73. The Bertz CT molecular complexity index is 972. The maximum atomic E-state index is 12.5. The summed E-state index contributed by atoms with van der Waals surface area (Å²) in [5.41, 5.74) is 1.79. The monoisotopic (exact) mass is 395 g/mol. The molecule has 0 spiro atoms. The molecule has 2 aromatic carbocycles. The molecule has 0 aliphatic rings. The number of hydrogen-bond donors (Lipinski definition) is 1. The van der Waals surface area contributed by atoms with E-state index in [9.17, 15) is 8.42 Å². The van der Waals surface area contributed by atoms with Crippen molar-refractivity contribution >= 4 is 33.2 Å². The quantitative estimate of drug-likeness (QED) is 0.703. The fourth-order valence-corrected chi connectivity index (χ4v) is 3.98. The van der Waals surface area contributed by atoms with Crippen LogP contribution in [0, 0.1) is 0 Å². The summed E-state index contributed by atoms with van der Waals surface area (Å²) in [6.45, 7) is 1.78. The Hall–Kier alpha value is -1.86. The summed E-state index contributed by atoms with van der Waals surface area (Å²) in [5.74, 6) is 0. The number of rotatable bonds is 5. The van der Waals surface area contributed by atoms with E-state index in [1.807, 2.05) is 35.0 Å². The molecular formula is C17H15Cl2N3O2S. The van der Waals surface area contributed by atoms with Gasteiger partial charge in [-0.2, -0.15) is 0 Å². The van der Waals surface area contributed by atoms with Gasteiger partial charge in [-0.05, 0) is 42.8 Å². The Morgan fingerprint density at radius 1 is 1.08 bits per heavy atom. The number of sulfonamides is 1. The molecule has 0 aliphatic heterocycles. The molecule has 130 valence electrons. The lowest BCUT2D eigenvalue weighted by Crippen LogP contribution is -2.26. The molecular weight excluding hydrogens is 381 g/mol. The molecule has 5 nitrogen and oxygen atoms in total. The molecule has 0 saturated heterocycles. The molecule has 0 amide bonds. The van der Waals surface area contributed by atoms with Crippen molar-refractivity contribution in [2.45, 2.75) is 17.9 Å². The fourth-order valence-electron chi connectivity index (χ4n) is 2.36. The first-order valence-electron chi connectivity index (χ1n) is 7.42. The van der Waals surface area contributed by atoms with E-state index in [4.69, 9.17) is 23.2 Å². The van der Waals surface area contributed by atoms with E-state index in [1.54, 1.807) is 19.4 Å². The topological polar surface area (TPSA) is 64.0 Å². The summed E-state index contributed by atoms with van der Waals surface area (Å²) >= 11 is 11.7. The maximum absolute atomic E-state index is 12.5. The van der Waals surface area contributed by atoms with E-state index in [0.29, 0.717) is 5.02 Å². The minimum Gasteiger partial charge on any atom is -0.306 e. The first-order valence-corrected chi connectivity index (χ1v) is 9.66. The van der Waals surface area contributed by atoms with Crippen LogP contribution in [0.25, 0.3) is 5.69 Å². The van der Waals surface area contributed by atoms with Crippen LogP contribution in [0.4, 0.5) is 0 Å². The average Bonchev–Trinajstić information content (AvgIpc) is 3.11. The van der Waals surface area contributed by atoms with Crippen molar-refractivity contribution in [2.24, 2.45) is 0 Å². The normalized spacial score (nSPS) is 12.9. The van der Waals surface area contributed by atoms with Crippen LogP contribution in [0.1, 0.15) is 18.5 Å². The zero-order valence-electron chi connectivity index (χ0n) is 13.2. The largest absolute Gasteiger partial charge is 0.306 e. The molecule has 0 unspecified atom stereocenters. The van der Waals surface area contributed by atoms with Gasteiger partial charge in [0.05, 0.1) is 21.3 Å². The van der Waals surface area contributed by atoms with Crippen molar-refractivity contribution in [1.82, 2.24) is 14.3 Å². The number of hydrogen-bond acceptors (Lipinski definition) is 3. The number of imidazole rings is 1. The Labute approximate surface area is 156 Å². The van der Waals surface area contributed by atoms with Gasteiger partial charge in [-0.3, -0.25) is 0 Å². The van der Waals surface area contributed by atoms with E-state index < -0.39 is 16.1 Å². The van der Waals surface area contributed by atoms with E-state index >= 15 is 0 Å². The summed E-state index contributed by atoms with van der Waals surface area (Å²) in [4.78, 5) is 4.08. The predicted octanol–water partition coefficient (Wildman–Crippen LogP) is 4.22. The van der Waals surface area contributed by atoms with Gasteiger partial charge in [-0.25, -0.2) is 18.1 Å². The summed E-state index contributed by atoms with van der Waals surface area (Å²) in [5, 5.41) is 0.505. The van der Waals surface area contributed by atoms with Crippen LogP contribution in [-0.4, -0.2) is 18.0 Å². The zero-order valence-corrected chi connectivity index (χ0v) is 15.6. The minimum absolute atomic E-state index is 0.0729. The van der Waals surface area contributed by atoms with Gasteiger partial charge in [-0.1, -0.05) is 35.3 Å². The van der Waals surface area contributed by atoms with Gasteiger partial charge < -0.3 is 4.57 Å². The summed E-state index contributed by atoms with van der Waals surface area (Å²) in [7, 11) is -3.71. The van der Waals surface area contributed by atoms with Gasteiger partial charge in [0.2, 0.25) is 10.0 Å². The second kappa shape index (κ2) is 7.17. The van der Waals surface area contributed by atoms with Gasteiger partial charge >= 0.3 is 0 Å². The second-order valence-corrected chi connectivity index (χ2v) is 8.01. The van der Waals surface area contributed by atoms with Crippen molar-refractivity contribution in [3.8, 4) is 5.69 Å². The van der Waals surface area contributed by atoms with E-state index in [-0.39, 0.29) is 9.92 Å². The minimum atomic E-state index is -3.71. The van der Waals surface area contributed by atoms with Crippen molar-refractivity contribution in [2.75, 3.05) is 0 Å². The molecule has 3 aromatic rings. The molecule has 1 aromatic heterocycles. The SMILES string of the molecule is C[C@H](NS(=O)(=O)c1ccc(Cl)c(Cl)c1)c1ccc(-n2ccnc2)cc1. The third kappa shape index (κ3) is 4.04. The van der Waals surface area contributed by atoms with Crippen molar-refractivity contribution in [1.29, 1.82) is 0 Å². The van der Waals surface area contributed by atoms with Crippen LogP contribution in [0.15, 0.2) is 66.1 Å². The highest BCUT2D eigenvalue weighted by Crippen LogP contribution is 2.26. The standard InChI is InChI=1S/C17H15Cl2N3O2S/c1-12(13-2-4-14(5-3-13)22-9-8-20-11-22)21-25(23,24)15-6-7-16(18)17(19)10-15/h2-12,21H,1H3/t12-/m0/s1. The van der Waals surface area contributed by atoms with Crippen LogP contribution in [0.2, 0.25) is 10.0 Å². The highest BCUT2D eigenvalue weighted by molar-refractivity contribution is 7.89. The Balaban J connectivity index is 1.78. The first kappa shape index (κ1) is 17.9. The molecule has 1 atom stereocenters. The Kier molecular flexibility index (Phi) is 5.15. The van der Waals surface area contributed by atoms with Crippen molar-refractivity contribution in [3.05, 3.63) is 76.8 Å². The van der Waals surface area contributed by atoms with Crippen LogP contribution in [0.5, 0.6) is 0 Å². The maximum Gasteiger partial charge on any atom is 0.241 e. The number of aromatic nitrogens is 2. The van der Waals surface area contributed by atoms with Gasteiger partial charge in [0, 0.05) is 24.1 Å². The van der Waals surface area contributed by atoms with Gasteiger partial charge in [0.15, 0.2) is 0 Å². The van der Waals surface area contributed by atoms with Gasteiger partial charge in [0.25, 0.3) is 0 Å². The number of nitrogens with zero attached hydrogens (tertiary/aromatic N) is 2. The fraction of sp³-hybridized carbons (Fsp3) is 0.118. The van der Waals surface area contributed by atoms with Crippen LogP contribution in [0.3, 0.4) is 0 Å². The molecule has 0 aliphatic carbocycles. The molecule has 0 fully saturated rings. The molecule has 0 saturated carbocycles. The average molecular weight is 396 g/mol. The Morgan fingerprint density at radius 3 is 2.40 bits per heavy atom. The van der Waals surface area contributed by atoms with Crippen molar-refractivity contribution in [3.63, 3.8) is 0 Å². The lowest BCUT2D eigenvalue weighted by molar-refractivity contribution is 0.567. The zero-order chi connectivity index (χ0) is 18.0. The predicted molar refractivity (Wildman–Crippen MR) is 98.8 cm³/mol. The molecule has 1 heterocycles. The highest BCUT2D eigenvalue weighted by Gasteiger charge is 2.19. The van der Waals surface area contributed by atoms with Gasteiger partial charge in [0.1, 0.15) is 0 Å². The van der Waals surface area contributed by atoms with Gasteiger partial charge in [-0.15, -0.1) is 0 Å². The molecule has 3 rings (SSSR count). The summed E-state index contributed by atoms with van der Waals surface area (Å²) in [6.07, 6.45) is 5.23. The third-order valence-corrected chi connectivity index (χ3v) is 6.01. The smallest absolute Gasteiger partial charge is 0.241 e. The van der Waals surface area contributed by atoms with Crippen LogP contribution >= 0.6 is 23.2 Å². The number of benzene rings is 2. The highest BCUT2D eigenvalue weighted by atomic mass is 35.5. The summed E-state index contributed by atoms with van der Waals surface area (Å²) < 4.78 is 29.5. The Morgan fingerprint density at radius 2 is 1.80 bits per heavy atom. The molecule has 0 bridgehead atoms. The van der Waals surface area contributed by atoms with Crippen molar-refractivity contribution < 1.29 is 8.42 Å². The van der Waals surface area contributed by atoms with Crippen LogP contribution < -0.4 is 4.72 Å². The van der Waals surface area contributed by atoms with Crippen LogP contribution in [-0.2, 0) is 10.0 Å². The van der Waals surface area contributed by atoms with E-state index in [2.05, 4.69) is 9.71 Å². The second-order valence-electron chi connectivity index (χ2n) is 5.48. The number of halogens is 2. The molecule has 0 radical (unpaired) electrons. The lowest BCUT2D eigenvalue weighted by Gasteiger charge is -2.15. The lowest BCUT2D eigenvalue weighted by atomic mass is 10.1. The van der Waals surface area contributed by atoms with E-state index in [1.165, 1.54) is 18.2 Å². The molecule has 1 N–H and O–H groups in total. The number of nitrogens with one attached hydrogen (secondary N) is 1. The van der Waals surface area contributed by atoms with E-state index in [0.717, 1.165) is 11.3 Å².